The quantitative estimate of drug-likeness (QED) is 0.345. The molecule has 0 unspecified atom stereocenters. The minimum atomic E-state index is -0.142. The topological polar surface area (TPSA) is 35.5 Å². The van der Waals surface area contributed by atoms with E-state index in [4.69, 9.17) is 4.74 Å². The number of rotatable bonds is 7. The van der Waals surface area contributed by atoms with E-state index in [-0.39, 0.29) is 5.97 Å². The van der Waals surface area contributed by atoms with Crippen molar-refractivity contribution >= 4 is 27.5 Å². The number of hydrogen-bond donors (Lipinski definition) is 0. The van der Waals surface area contributed by atoms with Gasteiger partial charge in [0.05, 0.1) is 13.7 Å². The van der Waals surface area contributed by atoms with Crippen molar-refractivity contribution in [3.8, 4) is 5.75 Å². The highest BCUT2D eigenvalue weighted by Gasteiger charge is 2.04. The van der Waals surface area contributed by atoms with Crippen LogP contribution in [0.1, 0.15) is 25.7 Å². The molecule has 0 aliphatic carbocycles. The van der Waals surface area contributed by atoms with E-state index in [1.807, 2.05) is 12.1 Å². The molecule has 0 aliphatic rings. The van der Waals surface area contributed by atoms with Crippen LogP contribution in [0.2, 0.25) is 0 Å². The molecule has 0 saturated carbocycles. The number of methoxy groups -OCH3 is 1. The largest absolute Gasteiger partial charge is 0.493 e. The number of carbonyl (C=O) groups is 1. The molecule has 0 saturated heterocycles. The first-order chi connectivity index (χ1) is 11.8. The summed E-state index contributed by atoms with van der Waals surface area (Å²) in [5, 5.41) is 4.80. The highest BCUT2D eigenvalue weighted by Crippen LogP contribution is 2.30. The fourth-order valence-corrected chi connectivity index (χ4v) is 2.90. The molecule has 0 radical (unpaired) electrons. The van der Waals surface area contributed by atoms with E-state index in [0.717, 1.165) is 30.4 Å². The Hall–Kier alpha value is -2.55. The molecule has 0 spiro atoms. The van der Waals surface area contributed by atoms with Gasteiger partial charge in [-0.25, -0.2) is 0 Å². The summed E-state index contributed by atoms with van der Waals surface area (Å²) in [5.74, 6) is 0.781. The second-order valence-corrected chi connectivity index (χ2v) is 5.91. The van der Waals surface area contributed by atoms with Crippen molar-refractivity contribution in [2.75, 3.05) is 13.7 Å². The van der Waals surface area contributed by atoms with Gasteiger partial charge in [0.25, 0.3) is 0 Å². The van der Waals surface area contributed by atoms with Gasteiger partial charge in [-0.3, -0.25) is 4.79 Å². The first-order valence-electron chi connectivity index (χ1n) is 8.39. The number of carbonyl (C=O) groups excluding carboxylic acids is 1. The maximum Gasteiger partial charge on any atom is 0.305 e. The monoisotopic (exact) mass is 322 g/mol. The second-order valence-electron chi connectivity index (χ2n) is 5.91. The Morgan fingerprint density at radius 3 is 2.42 bits per heavy atom. The van der Waals surface area contributed by atoms with E-state index in [1.54, 1.807) is 0 Å². The molecule has 0 N–H and O–H groups in total. The summed E-state index contributed by atoms with van der Waals surface area (Å²) in [6, 6.07) is 18.9. The van der Waals surface area contributed by atoms with E-state index < -0.39 is 0 Å². The minimum Gasteiger partial charge on any atom is -0.493 e. The Kier molecular flexibility index (Phi) is 5.32. The fourth-order valence-electron chi connectivity index (χ4n) is 2.90. The van der Waals surface area contributed by atoms with Crippen LogP contribution in [-0.4, -0.2) is 19.7 Å². The summed E-state index contributed by atoms with van der Waals surface area (Å²) < 4.78 is 10.6. The lowest BCUT2D eigenvalue weighted by atomic mass is 10.0. The number of ether oxygens (including phenoxy) is 2. The fraction of sp³-hybridized carbons (Fsp3) is 0.286. The van der Waals surface area contributed by atoms with Crippen molar-refractivity contribution in [2.24, 2.45) is 0 Å². The molecule has 0 atom stereocenters. The Balaban J connectivity index is 1.64. The van der Waals surface area contributed by atoms with E-state index in [1.165, 1.54) is 23.3 Å². The average Bonchev–Trinajstić information content (AvgIpc) is 2.62. The summed E-state index contributed by atoms with van der Waals surface area (Å²) >= 11 is 0. The van der Waals surface area contributed by atoms with Crippen molar-refractivity contribution in [3.05, 3.63) is 54.6 Å². The van der Waals surface area contributed by atoms with E-state index in [2.05, 4.69) is 47.2 Å². The van der Waals surface area contributed by atoms with Crippen LogP contribution in [0.25, 0.3) is 21.5 Å². The molecule has 0 aromatic heterocycles. The van der Waals surface area contributed by atoms with Gasteiger partial charge in [0.1, 0.15) is 5.75 Å². The molecular weight excluding hydrogens is 300 g/mol. The van der Waals surface area contributed by atoms with Gasteiger partial charge in [-0.05, 0) is 53.6 Å². The third kappa shape index (κ3) is 3.85. The number of benzene rings is 3. The van der Waals surface area contributed by atoms with Gasteiger partial charge in [0.2, 0.25) is 0 Å². The Labute approximate surface area is 142 Å². The van der Waals surface area contributed by atoms with Crippen molar-refractivity contribution in [2.45, 2.75) is 25.7 Å². The van der Waals surface area contributed by atoms with Crippen LogP contribution >= 0.6 is 0 Å². The highest BCUT2D eigenvalue weighted by atomic mass is 16.5. The molecule has 0 fully saturated rings. The smallest absolute Gasteiger partial charge is 0.305 e. The third-order valence-corrected chi connectivity index (χ3v) is 4.22. The Bertz CT molecular complexity index is 839. The lowest BCUT2D eigenvalue weighted by Crippen LogP contribution is -2.01. The summed E-state index contributed by atoms with van der Waals surface area (Å²) in [6.07, 6.45) is 3.22. The predicted molar refractivity (Wildman–Crippen MR) is 97.4 cm³/mol. The molecule has 0 aliphatic heterocycles. The Morgan fingerprint density at radius 2 is 1.62 bits per heavy atom. The zero-order valence-electron chi connectivity index (χ0n) is 14.0. The van der Waals surface area contributed by atoms with Gasteiger partial charge < -0.3 is 9.47 Å². The van der Waals surface area contributed by atoms with Gasteiger partial charge >= 0.3 is 5.97 Å². The van der Waals surface area contributed by atoms with Gasteiger partial charge in [-0.2, -0.15) is 0 Å². The standard InChI is InChI=1S/C21H22O3/c1-23-21(22)12-3-2-6-13-24-20-11-7-10-18-14-16-8-4-5-9-17(16)15-19(18)20/h4-5,7-11,14-15H,2-3,6,12-13H2,1H3. The van der Waals surface area contributed by atoms with E-state index in [0.29, 0.717) is 13.0 Å². The normalized spacial score (nSPS) is 10.9. The van der Waals surface area contributed by atoms with Crippen LogP contribution in [0.5, 0.6) is 5.75 Å². The number of unbranched alkanes of at least 4 members (excludes halogenated alkanes) is 2. The second kappa shape index (κ2) is 7.82. The molecule has 3 rings (SSSR count). The summed E-state index contributed by atoms with van der Waals surface area (Å²) in [5.41, 5.74) is 0. The van der Waals surface area contributed by atoms with Crippen LogP contribution in [0.15, 0.2) is 54.6 Å². The summed E-state index contributed by atoms with van der Waals surface area (Å²) in [7, 11) is 1.43. The van der Waals surface area contributed by atoms with E-state index >= 15 is 0 Å². The molecule has 124 valence electrons. The molecule has 0 heterocycles. The molecule has 3 nitrogen and oxygen atoms in total. The molecule has 24 heavy (non-hydrogen) atoms. The lowest BCUT2D eigenvalue weighted by Gasteiger charge is -2.10. The minimum absolute atomic E-state index is 0.142. The molecular formula is C21H22O3. The molecule has 3 aromatic carbocycles. The highest BCUT2D eigenvalue weighted by molar-refractivity contribution is 6.00. The average molecular weight is 322 g/mol. The van der Waals surface area contributed by atoms with Crippen LogP contribution in [0.3, 0.4) is 0 Å². The Morgan fingerprint density at radius 1 is 0.875 bits per heavy atom. The van der Waals surface area contributed by atoms with Crippen LogP contribution < -0.4 is 4.74 Å². The number of hydrogen-bond acceptors (Lipinski definition) is 3. The van der Waals surface area contributed by atoms with Crippen molar-refractivity contribution in [1.29, 1.82) is 0 Å². The van der Waals surface area contributed by atoms with Crippen LogP contribution in [0.4, 0.5) is 0 Å². The van der Waals surface area contributed by atoms with E-state index in [9.17, 15) is 4.79 Å². The van der Waals surface area contributed by atoms with Crippen molar-refractivity contribution in [1.82, 2.24) is 0 Å². The molecule has 3 aromatic rings. The first kappa shape index (κ1) is 16.3. The van der Waals surface area contributed by atoms with Gasteiger partial charge in [0, 0.05) is 11.8 Å². The van der Waals surface area contributed by atoms with Gasteiger partial charge in [-0.15, -0.1) is 0 Å². The number of esters is 1. The zero-order chi connectivity index (χ0) is 16.8. The maximum absolute atomic E-state index is 11.1. The first-order valence-corrected chi connectivity index (χ1v) is 8.39. The SMILES string of the molecule is COC(=O)CCCCCOc1cccc2cc3ccccc3cc12. The van der Waals surface area contributed by atoms with Crippen LogP contribution in [0, 0.1) is 0 Å². The summed E-state index contributed by atoms with van der Waals surface area (Å²) in [6.45, 7) is 0.660. The van der Waals surface area contributed by atoms with Crippen molar-refractivity contribution < 1.29 is 14.3 Å². The van der Waals surface area contributed by atoms with Crippen LogP contribution in [-0.2, 0) is 9.53 Å². The summed E-state index contributed by atoms with van der Waals surface area (Å²) in [4.78, 5) is 11.1. The zero-order valence-corrected chi connectivity index (χ0v) is 14.0. The van der Waals surface area contributed by atoms with Crippen molar-refractivity contribution in [3.63, 3.8) is 0 Å². The third-order valence-electron chi connectivity index (χ3n) is 4.22. The van der Waals surface area contributed by atoms with Gasteiger partial charge in [-0.1, -0.05) is 36.4 Å². The molecule has 3 heteroatoms. The van der Waals surface area contributed by atoms with Gasteiger partial charge in [0.15, 0.2) is 0 Å². The molecule has 0 amide bonds. The number of fused-ring (bicyclic) bond motifs is 2. The predicted octanol–water partition coefficient (Wildman–Crippen LogP) is 5.11. The molecule has 0 bridgehead atoms. The lowest BCUT2D eigenvalue weighted by molar-refractivity contribution is -0.140. The maximum atomic E-state index is 11.1.